The lowest BCUT2D eigenvalue weighted by molar-refractivity contribution is 0.0609. The van der Waals surface area contributed by atoms with E-state index in [2.05, 4.69) is 17.3 Å². The van der Waals surface area contributed by atoms with Crippen molar-refractivity contribution >= 4 is 0 Å². The second kappa shape index (κ2) is 6.58. The summed E-state index contributed by atoms with van der Waals surface area (Å²) in [6.45, 7) is 6.71. The van der Waals surface area contributed by atoms with Crippen molar-refractivity contribution in [1.29, 1.82) is 0 Å². The zero-order chi connectivity index (χ0) is 12.0. The fraction of sp³-hybridized carbons (Fsp3) is 0.583. The standard InChI is InChI=1S/C12H21N3O/c1-4-10-7-14-6-5-11(10)12(15-13)8-16-9(2)3/h5-7,9,12,15H,4,8,13H2,1-3H3. The van der Waals surface area contributed by atoms with Crippen LogP contribution in [0.2, 0.25) is 0 Å². The van der Waals surface area contributed by atoms with Gasteiger partial charge in [0.2, 0.25) is 0 Å². The van der Waals surface area contributed by atoms with Gasteiger partial charge >= 0.3 is 0 Å². The molecular weight excluding hydrogens is 202 g/mol. The van der Waals surface area contributed by atoms with Crippen molar-refractivity contribution in [3.63, 3.8) is 0 Å². The van der Waals surface area contributed by atoms with Crippen molar-refractivity contribution in [3.05, 3.63) is 29.6 Å². The van der Waals surface area contributed by atoms with Crippen molar-refractivity contribution in [2.45, 2.75) is 39.3 Å². The third kappa shape index (κ3) is 3.56. The van der Waals surface area contributed by atoms with Gasteiger partial charge in [0.25, 0.3) is 0 Å². The Morgan fingerprint density at radius 3 is 2.81 bits per heavy atom. The summed E-state index contributed by atoms with van der Waals surface area (Å²) < 4.78 is 5.59. The second-order valence-electron chi connectivity index (χ2n) is 4.03. The van der Waals surface area contributed by atoms with E-state index in [-0.39, 0.29) is 12.1 Å². The van der Waals surface area contributed by atoms with E-state index in [0.29, 0.717) is 6.61 Å². The molecule has 0 bridgehead atoms. The Hall–Kier alpha value is -0.970. The molecule has 1 unspecified atom stereocenters. The summed E-state index contributed by atoms with van der Waals surface area (Å²) in [6, 6.07) is 2.02. The van der Waals surface area contributed by atoms with Crippen molar-refractivity contribution < 1.29 is 4.74 Å². The van der Waals surface area contributed by atoms with E-state index in [9.17, 15) is 0 Å². The molecule has 1 atom stereocenters. The molecule has 0 aliphatic carbocycles. The van der Waals surface area contributed by atoms with Crippen LogP contribution in [0.25, 0.3) is 0 Å². The smallest absolute Gasteiger partial charge is 0.0697 e. The average molecular weight is 223 g/mol. The molecule has 3 N–H and O–H groups in total. The molecule has 0 radical (unpaired) electrons. The molecule has 0 spiro atoms. The third-order valence-corrected chi connectivity index (χ3v) is 2.50. The maximum absolute atomic E-state index is 5.59. The topological polar surface area (TPSA) is 60.2 Å². The van der Waals surface area contributed by atoms with E-state index >= 15 is 0 Å². The van der Waals surface area contributed by atoms with Gasteiger partial charge in [-0.1, -0.05) is 6.92 Å². The molecule has 16 heavy (non-hydrogen) atoms. The summed E-state index contributed by atoms with van der Waals surface area (Å²) in [5.74, 6) is 5.56. The number of aromatic nitrogens is 1. The predicted octanol–water partition coefficient (Wildman–Crippen LogP) is 1.57. The zero-order valence-electron chi connectivity index (χ0n) is 10.2. The van der Waals surface area contributed by atoms with Crippen LogP contribution >= 0.6 is 0 Å². The Morgan fingerprint density at radius 2 is 2.25 bits per heavy atom. The molecule has 90 valence electrons. The molecule has 0 aliphatic rings. The van der Waals surface area contributed by atoms with Crippen LogP contribution in [-0.2, 0) is 11.2 Å². The van der Waals surface area contributed by atoms with Gasteiger partial charge in [-0.2, -0.15) is 0 Å². The van der Waals surface area contributed by atoms with Gasteiger partial charge in [-0.05, 0) is 37.5 Å². The number of hydrazine groups is 1. The first-order chi connectivity index (χ1) is 7.69. The van der Waals surface area contributed by atoms with Gasteiger partial charge in [-0.15, -0.1) is 0 Å². The zero-order valence-corrected chi connectivity index (χ0v) is 10.2. The number of aryl methyl sites for hydroxylation is 1. The van der Waals surface area contributed by atoms with E-state index < -0.39 is 0 Å². The van der Waals surface area contributed by atoms with Crippen LogP contribution in [0.3, 0.4) is 0 Å². The van der Waals surface area contributed by atoms with Crippen molar-refractivity contribution in [2.24, 2.45) is 5.84 Å². The van der Waals surface area contributed by atoms with Crippen LogP contribution in [0.5, 0.6) is 0 Å². The Labute approximate surface area is 97.2 Å². The number of hydrogen-bond acceptors (Lipinski definition) is 4. The largest absolute Gasteiger partial charge is 0.377 e. The van der Waals surface area contributed by atoms with Gasteiger partial charge in [0.1, 0.15) is 0 Å². The minimum Gasteiger partial charge on any atom is -0.377 e. The molecule has 0 aromatic carbocycles. The number of nitrogens with zero attached hydrogens (tertiary/aromatic N) is 1. The lowest BCUT2D eigenvalue weighted by Gasteiger charge is -2.20. The first kappa shape index (κ1) is 13.1. The van der Waals surface area contributed by atoms with Gasteiger partial charge in [0.15, 0.2) is 0 Å². The molecule has 1 rings (SSSR count). The van der Waals surface area contributed by atoms with Crippen LogP contribution < -0.4 is 11.3 Å². The number of rotatable bonds is 6. The Bertz CT molecular complexity index is 315. The normalized spacial score (nSPS) is 13.1. The number of ether oxygens (including phenoxy) is 1. The lowest BCUT2D eigenvalue weighted by Crippen LogP contribution is -2.32. The van der Waals surface area contributed by atoms with Crippen molar-refractivity contribution in [3.8, 4) is 0 Å². The first-order valence-electron chi connectivity index (χ1n) is 5.69. The summed E-state index contributed by atoms with van der Waals surface area (Å²) in [5.41, 5.74) is 5.17. The lowest BCUT2D eigenvalue weighted by atomic mass is 10.0. The number of pyridine rings is 1. The van der Waals surface area contributed by atoms with Crippen LogP contribution in [-0.4, -0.2) is 17.7 Å². The maximum atomic E-state index is 5.59. The van der Waals surface area contributed by atoms with Crippen LogP contribution in [0.1, 0.15) is 37.9 Å². The monoisotopic (exact) mass is 223 g/mol. The fourth-order valence-corrected chi connectivity index (χ4v) is 1.59. The second-order valence-corrected chi connectivity index (χ2v) is 4.03. The fourth-order valence-electron chi connectivity index (χ4n) is 1.59. The Kier molecular flexibility index (Phi) is 5.38. The van der Waals surface area contributed by atoms with Crippen molar-refractivity contribution in [2.75, 3.05) is 6.61 Å². The highest BCUT2D eigenvalue weighted by Crippen LogP contribution is 2.17. The summed E-state index contributed by atoms with van der Waals surface area (Å²) in [7, 11) is 0. The SMILES string of the molecule is CCc1cnccc1C(COC(C)C)NN. The van der Waals surface area contributed by atoms with E-state index in [0.717, 1.165) is 6.42 Å². The molecule has 1 aromatic heterocycles. The number of nitrogens with two attached hydrogens (primary N) is 1. The molecule has 1 aromatic rings. The van der Waals surface area contributed by atoms with Crippen LogP contribution in [0.4, 0.5) is 0 Å². The van der Waals surface area contributed by atoms with Gasteiger partial charge in [0.05, 0.1) is 18.8 Å². The van der Waals surface area contributed by atoms with Gasteiger partial charge in [0, 0.05) is 12.4 Å². The third-order valence-electron chi connectivity index (χ3n) is 2.50. The summed E-state index contributed by atoms with van der Waals surface area (Å²) in [4.78, 5) is 4.12. The molecule has 0 saturated carbocycles. The molecule has 1 heterocycles. The molecular formula is C12H21N3O. The molecule has 0 aliphatic heterocycles. The van der Waals surface area contributed by atoms with Gasteiger partial charge in [-0.3, -0.25) is 16.3 Å². The van der Waals surface area contributed by atoms with E-state index in [1.807, 2.05) is 26.1 Å². The summed E-state index contributed by atoms with van der Waals surface area (Å²) in [6.07, 6.45) is 4.83. The number of hydrogen-bond donors (Lipinski definition) is 2. The molecule has 4 nitrogen and oxygen atoms in total. The highest BCUT2D eigenvalue weighted by molar-refractivity contribution is 5.26. The van der Waals surface area contributed by atoms with Gasteiger partial charge < -0.3 is 4.74 Å². The predicted molar refractivity (Wildman–Crippen MR) is 64.8 cm³/mol. The van der Waals surface area contributed by atoms with Crippen molar-refractivity contribution in [1.82, 2.24) is 10.4 Å². The van der Waals surface area contributed by atoms with Gasteiger partial charge in [-0.25, -0.2) is 0 Å². The molecule has 4 heteroatoms. The van der Waals surface area contributed by atoms with Crippen LogP contribution in [0, 0.1) is 0 Å². The van der Waals surface area contributed by atoms with E-state index in [4.69, 9.17) is 10.6 Å². The average Bonchev–Trinajstić information content (AvgIpc) is 2.30. The van der Waals surface area contributed by atoms with E-state index in [1.54, 1.807) is 6.20 Å². The molecule has 0 amide bonds. The van der Waals surface area contributed by atoms with E-state index in [1.165, 1.54) is 11.1 Å². The minimum atomic E-state index is 0.0281. The number of nitrogens with one attached hydrogen (secondary N) is 1. The molecule has 0 fully saturated rings. The highest BCUT2D eigenvalue weighted by Gasteiger charge is 2.13. The quantitative estimate of drug-likeness (QED) is 0.568. The Balaban J connectivity index is 2.77. The molecule has 0 saturated heterocycles. The summed E-state index contributed by atoms with van der Waals surface area (Å²) in [5, 5.41) is 0. The Morgan fingerprint density at radius 1 is 1.50 bits per heavy atom. The van der Waals surface area contributed by atoms with Crippen LogP contribution in [0.15, 0.2) is 18.5 Å². The minimum absolute atomic E-state index is 0.0281. The summed E-state index contributed by atoms with van der Waals surface area (Å²) >= 11 is 0. The maximum Gasteiger partial charge on any atom is 0.0697 e. The highest BCUT2D eigenvalue weighted by atomic mass is 16.5. The first-order valence-corrected chi connectivity index (χ1v) is 5.69.